The van der Waals surface area contributed by atoms with Gasteiger partial charge in [-0.05, 0) is 36.5 Å². The summed E-state index contributed by atoms with van der Waals surface area (Å²) in [5.74, 6) is -4.46. The molecule has 4 unspecified atom stereocenters. The van der Waals surface area contributed by atoms with Crippen LogP contribution in [0.2, 0.25) is 0 Å². The van der Waals surface area contributed by atoms with Gasteiger partial charge in [0.25, 0.3) is 0 Å². The second kappa shape index (κ2) is 15.0. The number of carbonyl (C=O) groups is 5. The number of nitrogens with one attached hydrogen (secondary N) is 4. The highest BCUT2D eigenvalue weighted by Crippen LogP contribution is 2.19. The molecule has 1 aromatic carbocycles. The summed E-state index contributed by atoms with van der Waals surface area (Å²) < 4.78 is 0. The van der Waals surface area contributed by atoms with Crippen LogP contribution in [0.3, 0.4) is 0 Å². The van der Waals surface area contributed by atoms with Crippen molar-refractivity contribution in [3.05, 3.63) is 36.0 Å². The van der Waals surface area contributed by atoms with Crippen molar-refractivity contribution in [2.45, 2.75) is 49.9 Å². The van der Waals surface area contributed by atoms with Gasteiger partial charge < -0.3 is 42.0 Å². The molecule has 13 nitrogen and oxygen atoms in total. The molecular formula is C24H33N5O8S. The Labute approximate surface area is 222 Å². The van der Waals surface area contributed by atoms with Crippen molar-refractivity contribution >= 4 is 52.3 Å². The molecule has 0 aliphatic heterocycles. The zero-order chi connectivity index (χ0) is 28.2. The SMILES string of the molecule is CSCCC(NC(=O)C(Cc1c[nH]c2ccccc12)NC(=O)C(CCC(=O)O)NC(=O)C(N)CO)C(=O)O. The molecule has 14 heteroatoms. The highest BCUT2D eigenvalue weighted by molar-refractivity contribution is 7.98. The summed E-state index contributed by atoms with van der Waals surface area (Å²) in [5, 5.41) is 35.8. The number of aromatic amines is 1. The molecule has 0 spiro atoms. The van der Waals surface area contributed by atoms with Crippen LogP contribution in [0.15, 0.2) is 30.5 Å². The van der Waals surface area contributed by atoms with Crippen LogP contribution in [0, 0.1) is 0 Å². The number of hydrogen-bond donors (Lipinski definition) is 8. The maximum atomic E-state index is 13.2. The highest BCUT2D eigenvalue weighted by Gasteiger charge is 2.31. The first-order valence-electron chi connectivity index (χ1n) is 11.8. The number of thioether (sulfide) groups is 1. The second-order valence-corrected chi connectivity index (χ2v) is 9.57. The molecule has 0 bridgehead atoms. The number of aliphatic hydroxyl groups excluding tert-OH is 1. The molecular weight excluding hydrogens is 518 g/mol. The zero-order valence-electron chi connectivity index (χ0n) is 20.8. The Bertz CT molecular complexity index is 1140. The molecule has 3 amide bonds. The monoisotopic (exact) mass is 551 g/mol. The Balaban J connectivity index is 2.32. The van der Waals surface area contributed by atoms with E-state index in [1.54, 1.807) is 18.5 Å². The minimum atomic E-state index is -1.37. The minimum Gasteiger partial charge on any atom is -0.481 e. The molecule has 4 atom stereocenters. The van der Waals surface area contributed by atoms with E-state index < -0.39 is 66.9 Å². The van der Waals surface area contributed by atoms with Crippen molar-refractivity contribution in [2.75, 3.05) is 18.6 Å². The number of carboxylic acids is 2. The second-order valence-electron chi connectivity index (χ2n) is 8.59. The Hall–Kier alpha value is -3.62. The fraction of sp³-hybridized carbons (Fsp3) is 0.458. The van der Waals surface area contributed by atoms with Crippen LogP contribution in [-0.4, -0.2) is 92.7 Å². The van der Waals surface area contributed by atoms with Crippen molar-refractivity contribution in [3.63, 3.8) is 0 Å². The lowest BCUT2D eigenvalue weighted by Gasteiger charge is -2.25. The van der Waals surface area contributed by atoms with Gasteiger partial charge in [0.1, 0.15) is 24.2 Å². The van der Waals surface area contributed by atoms with E-state index in [1.807, 2.05) is 18.2 Å². The number of rotatable bonds is 16. The summed E-state index contributed by atoms with van der Waals surface area (Å²) in [6, 6.07) is 2.12. The molecule has 2 aromatic rings. The van der Waals surface area contributed by atoms with Crippen LogP contribution < -0.4 is 21.7 Å². The number of hydrogen-bond acceptors (Lipinski definition) is 8. The lowest BCUT2D eigenvalue weighted by molar-refractivity contribution is -0.142. The van der Waals surface area contributed by atoms with Gasteiger partial charge in [-0.3, -0.25) is 19.2 Å². The van der Waals surface area contributed by atoms with E-state index in [-0.39, 0.29) is 19.3 Å². The minimum absolute atomic E-state index is 0.0216. The number of carboxylic acid groups (broad SMARTS) is 2. The van der Waals surface area contributed by atoms with Gasteiger partial charge in [-0.2, -0.15) is 11.8 Å². The normalized spacial score (nSPS) is 14.2. The Morgan fingerprint density at radius 3 is 2.21 bits per heavy atom. The smallest absolute Gasteiger partial charge is 0.326 e. The molecule has 2 rings (SSSR count). The van der Waals surface area contributed by atoms with E-state index in [9.17, 15) is 29.1 Å². The summed E-state index contributed by atoms with van der Waals surface area (Å²) >= 11 is 1.42. The first-order valence-corrected chi connectivity index (χ1v) is 13.2. The van der Waals surface area contributed by atoms with E-state index >= 15 is 0 Å². The number of carbonyl (C=O) groups excluding carboxylic acids is 3. The molecule has 38 heavy (non-hydrogen) atoms. The summed E-state index contributed by atoms with van der Waals surface area (Å²) in [4.78, 5) is 64.5. The van der Waals surface area contributed by atoms with Gasteiger partial charge in [0.05, 0.1) is 6.61 Å². The van der Waals surface area contributed by atoms with Gasteiger partial charge in [0.15, 0.2) is 0 Å². The lowest BCUT2D eigenvalue weighted by atomic mass is 10.0. The van der Waals surface area contributed by atoms with Crippen molar-refractivity contribution in [3.8, 4) is 0 Å². The van der Waals surface area contributed by atoms with Gasteiger partial charge in [-0.1, -0.05) is 18.2 Å². The first-order chi connectivity index (χ1) is 18.1. The molecule has 0 aliphatic rings. The van der Waals surface area contributed by atoms with Crippen molar-refractivity contribution < 1.29 is 39.3 Å². The third-order valence-corrected chi connectivity index (χ3v) is 6.41. The number of fused-ring (bicyclic) bond motifs is 1. The van der Waals surface area contributed by atoms with Crippen LogP contribution in [0.4, 0.5) is 0 Å². The van der Waals surface area contributed by atoms with Crippen LogP contribution in [0.5, 0.6) is 0 Å². The summed E-state index contributed by atoms with van der Waals surface area (Å²) in [6.07, 6.45) is 2.83. The molecule has 0 saturated heterocycles. The summed E-state index contributed by atoms with van der Waals surface area (Å²) in [6.45, 7) is -0.697. The van der Waals surface area contributed by atoms with E-state index in [0.717, 1.165) is 10.9 Å². The average Bonchev–Trinajstić information content (AvgIpc) is 3.30. The molecule has 0 radical (unpaired) electrons. The standard InChI is InChI=1S/C24H33N5O8S/c1-38-9-8-18(24(36)37)28-23(35)19(10-13-11-26-16-5-3-2-4-14(13)16)29-22(34)17(6-7-20(31)32)27-21(33)15(25)12-30/h2-5,11,15,17-19,26,30H,6-10,12,25H2,1H3,(H,27,33)(H,28,35)(H,29,34)(H,31,32)(H,36,37). The lowest BCUT2D eigenvalue weighted by Crippen LogP contribution is -2.58. The largest absolute Gasteiger partial charge is 0.481 e. The van der Waals surface area contributed by atoms with E-state index in [4.69, 9.17) is 15.9 Å². The first kappa shape index (κ1) is 30.6. The Morgan fingerprint density at radius 1 is 0.947 bits per heavy atom. The number of aliphatic hydroxyl groups is 1. The molecule has 1 heterocycles. The Morgan fingerprint density at radius 2 is 1.58 bits per heavy atom. The molecule has 0 fully saturated rings. The number of nitrogens with two attached hydrogens (primary N) is 1. The van der Waals surface area contributed by atoms with E-state index in [1.165, 1.54) is 11.8 Å². The van der Waals surface area contributed by atoms with Crippen LogP contribution in [0.1, 0.15) is 24.8 Å². The fourth-order valence-electron chi connectivity index (χ4n) is 3.67. The van der Waals surface area contributed by atoms with Crippen molar-refractivity contribution in [1.82, 2.24) is 20.9 Å². The highest BCUT2D eigenvalue weighted by atomic mass is 32.2. The van der Waals surface area contributed by atoms with Crippen LogP contribution in [0.25, 0.3) is 10.9 Å². The number of aliphatic carboxylic acids is 2. The average molecular weight is 552 g/mol. The third kappa shape index (κ3) is 9.04. The van der Waals surface area contributed by atoms with Gasteiger partial charge in [0, 0.05) is 29.9 Å². The van der Waals surface area contributed by atoms with Gasteiger partial charge >= 0.3 is 11.9 Å². The molecule has 0 aliphatic carbocycles. The number of H-pyrrole nitrogens is 1. The number of benzene rings is 1. The quantitative estimate of drug-likeness (QED) is 0.129. The maximum Gasteiger partial charge on any atom is 0.326 e. The molecule has 9 N–H and O–H groups in total. The Kier molecular flexibility index (Phi) is 12.0. The van der Waals surface area contributed by atoms with Crippen LogP contribution >= 0.6 is 11.8 Å². The zero-order valence-corrected chi connectivity index (χ0v) is 21.6. The van der Waals surface area contributed by atoms with Crippen LogP contribution in [-0.2, 0) is 30.4 Å². The van der Waals surface area contributed by atoms with Gasteiger partial charge in [0.2, 0.25) is 17.7 Å². The molecule has 0 saturated carbocycles. The summed E-state index contributed by atoms with van der Waals surface area (Å²) in [7, 11) is 0. The number of para-hydroxylation sites is 1. The fourth-order valence-corrected chi connectivity index (χ4v) is 4.14. The molecule has 208 valence electrons. The van der Waals surface area contributed by atoms with E-state index in [2.05, 4.69) is 20.9 Å². The predicted octanol–water partition coefficient (Wildman–Crippen LogP) is -0.813. The topological polar surface area (TPSA) is 224 Å². The third-order valence-electron chi connectivity index (χ3n) is 5.77. The van der Waals surface area contributed by atoms with Gasteiger partial charge in [-0.15, -0.1) is 0 Å². The van der Waals surface area contributed by atoms with Crippen molar-refractivity contribution in [2.24, 2.45) is 5.73 Å². The van der Waals surface area contributed by atoms with Crippen molar-refractivity contribution in [1.29, 1.82) is 0 Å². The number of aromatic nitrogens is 1. The summed E-state index contributed by atoms with van der Waals surface area (Å²) in [5.41, 5.74) is 6.97. The number of amides is 3. The molecule has 1 aromatic heterocycles. The predicted molar refractivity (Wildman–Crippen MR) is 140 cm³/mol. The van der Waals surface area contributed by atoms with E-state index in [0.29, 0.717) is 11.3 Å². The van der Waals surface area contributed by atoms with Gasteiger partial charge in [-0.25, -0.2) is 4.79 Å². The maximum absolute atomic E-state index is 13.2.